The number of phenols is 2. The van der Waals surface area contributed by atoms with Crippen LogP contribution in [-0.4, -0.2) is 16.8 Å². The van der Waals surface area contributed by atoms with Crippen molar-refractivity contribution in [2.75, 3.05) is 6.54 Å². The Hall–Kier alpha value is -2.00. The summed E-state index contributed by atoms with van der Waals surface area (Å²) in [7, 11) is 0. The molecule has 0 radical (unpaired) electrons. The van der Waals surface area contributed by atoms with Crippen LogP contribution in [0.25, 0.3) is 0 Å². The standard InChI is InChI=1S/C17H19NO2/c1-10-4-3-5-11(2)16(10)17-13-9-15(20)14(19)8-12(13)6-7-18-17/h3-5,8-9,17-20H,6-7H2,1-2H3. The van der Waals surface area contributed by atoms with Crippen molar-refractivity contribution in [1.29, 1.82) is 0 Å². The molecule has 0 fully saturated rings. The summed E-state index contributed by atoms with van der Waals surface area (Å²) in [5, 5.41) is 23.0. The highest BCUT2D eigenvalue weighted by molar-refractivity contribution is 5.52. The molecule has 104 valence electrons. The summed E-state index contributed by atoms with van der Waals surface area (Å²) in [5.74, 6) is -0.0883. The lowest BCUT2D eigenvalue weighted by Crippen LogP contribution is -2.31. The predicted octanol–water partition coefficient (Wildman–Crippen LogP) is 2.95. The van der Waals surface area contributed by atoms with Crippen molar-refractivity contribution in [3.63, 3.8) is 0 Å². The number of aryl methyl sites for hydroxylation is 2. The maximum absolute atomic E-state index is 9.80. The minimum Gasteiger partial charge on any atom is -0.504 e. The summed E-state index contributed by atoms with van der Waals surface area (Å²) in [5.41, 5.74) is 5.90. The molecule has 1 aliphatic heterocycles. The summed E-state index contributed by atoms with van der Waals surface area (Å²) in [6.07, 6.45) is 0.866. The number of rotatable bonds is 1. The van der Waals surface area contributed by atoms with Gasteiger partial charge in [0, 0.05) is 6.54 Å². The fourth-order valence-electron chi connectivity index (χ4n) is 3.12. The highest BCUT2D eigenvalue weighted by Crippen LogP contribution is 2.37. The van der Waals surface area contributed by atoms with Crippen LogP contribution in [0.4, 0.5) is 0 Å². The number of fused-ring (bicyclic) bond motifs is 1. The topological polar surface area (TPSA) is 52.5 Å². The number of hydrogen-bond acceptors (Lipinski definition) is 3. The van der Waals surface area contributed by atoms with Gasteiger partial charge < -0.3 is 15.5 Å². The Morgan fingerprint density at radius 2 is 1.70 bits per heavy atom. The molecule has 2 aromatic rings. The van der Waals surface area contributed by atoms with Crippen LogP contribution < -0.4 is 5.32 Å². The molecule has 0 bridgehead atoms. The number of benzene rings is 2. The molecule has 0 saturated heterocycles. The fraction of sp³-hybridized carbons (Fsp3) is 0.294. The van der Waals surface area contributed by atoms with Crippen molar-refractivity contribution in [1.82, 2.24) is 5.32 Å². The minimum absolute atomic E-state index is 0.0362. The van der Waals surface area contributed by atoms with Gasteiger partial charge in [0.2, 0.25) is 0 Å². The number of phenolic OH excluding ortho intramolecular Hbond substituents is 2. The van der Waals surface area contributed by atoms with E-state index < -0.39 is 0 Å². The van der Waals surface area contributed by atoms with Gasteiger partial charge in [-0.15, -0.1) is 0 Å². The Bertz CT molecular complexity index is 644. The first-order valence-electron chi connectivity index (χ1n) is 6.92. The van der Waals surface area contributed by atoms with Gasteiger partial charge in [-0.2, -0.15) is 0 Å². The molecular formula is C17H19NO2. The first-order valence-corrected chi connectivity index (χ1v) is 6.92. The lowest BCUT2D eigenvalue weighted by Gasteiger charge is -2.30. The highest BCUT2D eigenvalue weighted by Gasteiger charge is 2.25. The third-order valence-electron chi connectivity index (χ3n) is 4.12. The van der Waals surface area contributed by atoms with Crippen molar-refractivity contribution in [3.8, 4) is 11.5 Å². The summed E-state index contributed by atoms with van der Waals surface area (Å²) < 4.78 is 0. The smallest absolute Gasteiger partial charge is 0.157 e. The summed E-state index contributed by atoms with van der Waals surface area (Å²) in [6, 6.07) is 9.73. The van der Waals surface area contributed by atoms with Gasteiger partial charge in [0.05, 0.1) is 6.04 Å². The molecule has 3 heteroatoms. The van der Waals surface area contributed by atoms with E-state index >= 15 is 0 Å². The minimum atomic E-state index is -0.0521. The first kappa shape index (κ1) is 13.0. The maximum atomic E-state index is 9.80. The van der Waals surface area contributed by atoms with E-state index in [2.05, 4.69) is 37.4 Å². The van der Waals surface area contributed by atoms with Crippen LogP contribution in [0.1, 0.15) is 33.9 Å². The van der Waals surface area contributed by atoms with Crippen LogP contribution in [0.15, 0.2) is 30.3 Å². The van der Waals surface area contributed by atoms with Crippen molar-refractivity contribution in [3.05, 3.63) is 58.1 Å². The Kier molecular flexibility index (Phi) is 3.14. The van der Waals surface area contributed by atoms with Crippen LogP contribution in [0.5, 0.6) is 11.5 Å². The second-order valence-electron chi connectivity index (χ2n) is 5.48. The van der Waals surface area contributed by atoms with Gasteiger partial charge >= 0.3 is 0 Å². The molecule has 1 atom stereocenters. The van der Waals surface area contributed by atoms with Crippen molar-refractivity contribution >= 4 is 0 Å². The van der Waals surface area contributed by atoms with E-state index in [1.807, 2.05) is 0 Å². The number of hydrogen-bond donors (Lipinski definition) is 3. The molecule has 3 rings (SSSR count). The number of aromatic hydroxyl groups is 2. The summed E-state index contributed by atoms with van der Waals surface area (Å²) in [4.78, 5) is 0. The van der Waals surface area contributed by atoms with Crippen LogP contribution in [-0.2, 0) is 6.42 Å². The van der Waals surface area contributed by atoms with E-state index in [4.69, 9.17) is 0 Å². The molecule has 20 heavy (non-hydrogen) atoms. The van der Waals surface area contributed by atoms with Crippen LogP contribution in [0, 0.1) is 13.8 Å². The normalized spacial score (nSPS) is 17.8. The van der Waals surface area contributed by atoms with E-state index in [0.29, 0.717) is 0 Å². The van der Waals surface area contributed by atoms with Gasteiger partial charge in [-0.1, -0.05) is 18.2 Å². The molecule has 1 aliphatic rings. The quantitative estimate of drug-likeness (QED) is 0.698. The maximum Gasteiger partial charge on any atom is 0.157 e. The summed E-state index contributed by atoms with van der Waals surface area (Å²) >= 11 is 0. The second kappa shape index (κ2) is 4.84. The second-order valence-corrected chi connectivity index (χ2v) is 5.48. The molecule has 0 saturated carbocycles. The zero-order valence-corrected chi connectivity index (χ0v) is 11.8. The molecule has 0 amide bonds. The number of nitrogens with one attached hydrogen (secondary N) is 1. The predicted molar refractivity (Wildman–Crippen MR) is 79.2 cm³/mol. The molecular weight excluding hydrogens is 250 g/mol. The Morgan fingerprint density at radius 1 is 1.05 bits per heavy atom. The van der Waals surface area contributed by atoms with Crippen LogP contribution >= 0.6 is 0 Å². The average Bonchev–Trinajstić information content (AvgIpc) is 2.40. The molecule has 3 N–H and O–H groups in total. The van der Waals surface area contributed by atoms with Crippen molar-refractivity contribution in [2.24, 2.45) is 0 Å². The SMILES string of the molecule is Cc1cccc(C)c1C1NCCc2cc(O)c(O)cc21. The van der Waals surface area contributed by atoms with Crippen LogP contribution in [0.2, 0.25) is 0 Å². The van der Waals surface area contributed by atoms with Gasteiger partial charge in [-0.3, -0.25) is 0 Å². The Balaban J connectivity index is 2.17. The third-order valence-corrected chi connectivity index (χ3v) is 4.12. The molecule has 2 aromatic carbocycles. The van der Waals surface area contributed by atoms with E-state index in [9.17, 15) is 10.2 Å². The van der Waals surface area contributed by atoms with Gasteiger partial charge in [-0.05, 0) is 60.2 Å². The van der Waals surface area contributed by atoms with E-state index in [0.717, 1.165) is 24.1 Å². The lowest BCUT2D eigenvalue weighted by atomic mass is 9.85. The van der Waals surface area contributed by atoms with Crippen molar-refractivity contribution < 1.29 is 10.2 Å². The van der Waals surface area contributed by atoms with Gasteiger partial charge in [0.1, 0.15) is 0 Å². The molecule has 0 spiro atoms. The van der Waals surface area contributed by atoms with E-state index in [-0.39, 0.29) is 17.5 Å². The zero-order valence-electron chi connectivity index (χ0n) is 11.8. The molecule has 0 aliphatic carbocycles. The van der Waals surface area contributed by atoms with E-state index in [1.165, 1.54) is 16.7 Å². The van der Waals surface area contributed by atoms with Crippen molar-refractivity contribution in [2.45, 2.75) is 26.3 Å². The highest BCUT2D eigenvalue weighted by atomic mass is 16.3. The molecule has 0 aromatic heterocycles. The van der Waals surface area contributed by atoms with E-state index in [1.54, 1.807) is 12.1 Å². The monoisotopic (exact) mass is 269 g/mol. The molecule has 3 nitrogen and oxygen atoms in total. The molecule has 1 unspecified atom stereocenters. The van der Waals surface area contributed by atoms with Crippen LogP contribution in [0.3, 0.4) is 0 Å². The van der Waals surface area contributed by atoms with Gasteiger partial charge in [0.15, 0.2) is 11.5 Å². The summed E-state index contributed by atoms with van der Waals surface area (Å²) in [6.45, 7) is 5.09. The first-order chi connectivity index (χ1) is 9.58. The average molecular weight is 269 g/mol. The Morgan fingerprint density at radius 3 is 2.40 bits per heavy atom. The largest absolute Gasteiger partial charge is 0.504 e. The lowest BCUT2D eigenvalue weighted by molar-refractivity contribution is 0.400. The third kappa shape index (κ3) is 2.04. The van der Waals surface area contributed by atoms with Gasteiger partial charge in [-0.25, -0.2) is 0 Å². The Labute approximate surface area is 118 Å². The van der Waals surface area contributed by atoms with Gasteiger partial charge in [0.25, 0.3) is 0 Å². The fourth-order valence-corrected chi connectivity index (χ4v) is 3.12. The zero-order chi connectivity index (χ0) is 14.3. The molecule has 1 heterocycles.